The van der Waals surface area contributed by atoms with E-state index >= 15 is 0 Å². The number of likely N-dealkylation sites (tertiary alicyclic amines) is 1. The zero-order chi connectivity index (χ0) is 18.1. The molecule has 4 heterocycles. The van der Waals surface area contributed by atoms with Crippen molar-refractivity contribution in [2.75, 3.05) is 52.5 Å². The van der Waals surface area contributed by atoms with E-state index in [1.807, 2.05) is 0 Å². The molecule has 0 aromatic carbocycles. The summed E-state index contributed by atoms with van der Waals surface area (Å²) in [5.41, 5.74) is 0.579. The monoisotopic (exact) mass is 363 g/mol. The number of carbonyl (C=O) groups is 2. The van der Waals surface area contributed by atoms with Crippen LogP contribution in [0, 0.1) is 6.92 Å². The van der Waals surface area contributed by atoms with Crippen LogP contribution in [0.5, 0.6) is 0 Å². The van der Waals surface area contributed by atoms with Gasteiger partial charge in [-0.2, -0.15) is 0 Å². The van der Waals surface area contributed by atoms with Gasteiger partial charge in [0.1, 0.15) is 11.9 Å². The highest BCUT2D eigenvalue weighted by Crippen LogP contribution is 2.28. The van der Waals surface area contributed by atoms with E-state index in [4.69, 9.17) is 13.9 Å². The van der Waals surface area contributed by atoms with E-state index in [1.165, 1.54) is 6.26 Å². The summed E-state index contributed by atoms with van der Waals surface area (Å²) in [6, 6.07) is 1.64. The van der Waals surface area contributed by atoms with Crippen LogP contribution in [0.2, 0.25) is 0 Å². The molecule has 0 radical (unpaired) electrons. The van der Waals surface area contributed by atoms with E-state index in [0.29, 0.717) is 31.0 Å². The molecular formula is C18H25N3O5. The second-order valence-corrected chi connectivity index (χ2v) is 7.09. The molecule has 142 valence electrons. The van der Waals surface area contributed by atoms with E-state index in [0.717, 1.165) is 39.3 Å². The molecule has 0 aliphatic carbocycles. The second-order valence-electron chi connectivity index (χ2n) is 7.09. The molecule has 26 heavy (non-hydrogen) atoms. The highest BCUT2D eigenvalue weighted by Gasteiger charge is 2.48. The average Bonchev–Trinajstić information content (AvgIpc) is 3.31. The molecule has 0 spiro atoms. The van der Waals surface area contributed by atoms with Crippen LogP contribution in [0.25, 0.3) is 0 Å². The minimum Gasteiger partial charge on any atom is -0.469 e. The van der Waals surface area contributed by atoms with Crippen LogP contribution >= 0.6 is 0 Å². The fourth-order valence-corrected chi connectivity index (χ4v) is 3.99. The maximum atomic E-state index is 12.7. The molecule has 3 aliphatic heterocycles. The minimum absolute atomic E-state index is 0.0525. The summed E-state index contributed by atoms with van der Waals surface area (Å²) in [6.07, 6.45) is 1.93. The van der Waals surface area contributed by atoms with Crippen LogP contribution in [0.1, 0.15) is 22.5 Å². The summed E-state index contributed by atoms with van der Waals surface area (Å²) < 4.78 is 16.1. The molecule has 0 N–H and O–H groups in total. The third kappa shape index (κ3) is 3.31. The average molecular weight is 363 g/mol. The van der Waals surface area contributed by atoms with Crippen LogP contribution in [-0.4, -0.2) is 91.3 Å². The molecule has 0 unspecified atom stereocenters. The molecule has 2 amide bonds. The van der Waals surface area contributed by atoms with Crippen molar-refractivity contribution in [3.8, 4) is 0 Å². The van der Waals surface area contributed by atoms with Crippen molar-refractivity contribution >= 4 is 12.0 Å². The first-order chi connectivity index (χ1) is 12.6. The number of aryl methyl sites for hydroxylation is 1. The van der Waals surface area contributed by atoms with Gasteiger partial charge >= 0.3 is 6.09 Å². The standard InChI is InChI=1S/C18H25N3O5/c1-13-14(3-8-25-13)17(22)20-11-15-16(12-20)26-18(23)21(15)5-2-4-19-6-9-24-10-7-19/h3,8,15-16H,2,4-7,9-12H2,1H3/t15-,16+/m1/s1. The molecule has 3 aliphatic rings. The maximum absolute atomic E-state index is 12.7. The number of fused-ring (bicyclic) bond motifs is 1. The van der Waals surface area contributed by atoms with Crippen LogP contribution < -0.4 is 0 Å². The topological polar surface area (TPSA) is 75.5 Å². The van der Waals surface area contributed by atoms with Crippen LogP contribution in [0.4, 0.5) is 4.79 Å². The minimum atomic E-state index is -0.256. The molecule has 8 heteroatoms. The molecule has 2 atom stereocenters. The summed E-state index contributed by atoms with van der Waals surface area (Å²) >= 11 is 0. The lowest BCUT2D eigenvalue weighted by Crippen LogP contribution is -2.42. The van der Waals surface area contributed by atoms with Gasteiger partial charge in [-0.1, -0.05) is 0 Å². The number of rotatable bonds is 5. The third-order valence-electron chi connectivity index (χ3n) is 5.48. The maximum Gasteiger partial charge on any atom is 0.410 e. The van der Waals surface area contributed by atoms with Crippen molar-refractivity contribution in [2.45, 2.75) is 25.5 Å². The molecule has 4 rings (SSSR count). The Labute approximate surface area is 152 Å². The van der Waals surface area contributed by atoms with Crippen molar-refractivity contribution in [3.63, 3.8) is 0 Å². The number of morpholine rings is 1. The Morgan fingerprint density at radius 1 is 1.23 bits per heavy atom. The quantitative estimate of drug-likeness (QED) is 0.776. The molecule has 0 bridgehead atoms. The van der Waals surface area contributed by atoms with Crippen molar-refractivity contribution < 1.29 is 23.5 Å². The Morgan fingerprint density at radius 2 is 2.04 bits per heavy atom. The number of amides is 2. The lowest BCUT2D eigenvalue weighted by Gasteiger charge is -2.28. The number of ether oxygens (including phenoxy) is 2. The van der Waals surface area contributed by atoms with Gasteiger partial charge in [0.05, 0.1) is 37.6 Å². The zero-order valence-electron chi connectivity index (χ0n) is 15.1. The van der Waals surface area contributed by atoms with Gasteiger partial charge < -0.3 is 18.8 Å². The van der Waals surface area contributed by atoms with Gasteiger partial charge in [0, 0.05) is 32.7 Å². The molecule has 3 saturated heterocycles. The number of hydrogen-bond donors (Lipinski definition) is 0. The predicted octanol–water partition coefficient (Wildman–Crippen LogP) is 0.956. The molecule has 8 nitrogen and oxygen atoms in total. The molecule has 1 aromatic heterocycles. The van der Waals surface area contributed by atoms with Crippen LogP contribution in [0.15, 0.2) is 16.7 Å². The zero-order valence-corrected chi connectivity index (χ0v) is 15.1. The van der Waals surface area contributed by atoms with E-state index in [2.05, 4.69) is 4.90 Å². The van der Waals surface area contributed by atoms with E-state index in [9.17, 15) is 9.59 Å². The normalized spacial score (nSPS) is 26.3. The molecule has 1 aromatic rings. The van der Waals surface area contributed by atoms with E-state index < -0.39 is 0 Å². The summed E-state index contributed by atoms with van der Waals surface area (Å²) in [6.45, 7) is 7.79. The SMILES string of the molecule is Cc1occc1C(=O)N1C[C@@H]2OC(=O)N(CCCN3CCOCC3)[C@@H]2C1. The van der Waals surface area contributed by atoms with Gasteiger partial charge in [-0.3, -0.25) is 14.6 Å². The molecule has 3 fully saturated rings. The number of furan rings is 1. The van der Waals surface area contributed by atoms with Gasteiger partial charge in [0.2, 0.25) is 0 Å². The van der Waals surface area contributed by atoms with Gasteiger partial charge in [0.15, 0.2) is 0 Å². The Hall–Kier alpha value is -2.06. The Morgan fingerprint density at radius 3 is 2.77 bits per heavy atom. The van der Waals surface area contributed by atoms with Gasteiger partial charge in [-0.15, -0.1) is 0 Å². The van der Waals surface area contributed by atoms with Gasteiger partial charge in [-0.05, 0) is 19.4 Å². The van der Waals surface area contributed by atoms with Gasteiger partial charge in [0.25, 0.3) is 5.91 Å². The summed E-state index contributed by atoms with van der Waals surface area (Å²) in [4.78, 5) is 30.7. The van der Waals surface area contributed by atoms with Crippen molar-refractivity contribution in [1.82, 2.24) is 14.7 Å². The van der Waals surface area contributed by atoms with E-state index in [-0.39, 0.29) is 24.1 Å². The first-order valence-corrected chi connectivity index (χ1v) is 9.24. The van der Waals surface area contributed by atoms with Crippen molar-refractivity contribution in [2.24, 2.45) is 0 Å². The third-order valence-corrected chi connectivity index (χ3v) is 5.48. The van der Waals surface area contributed by atoms with Gasteiger partial charge in [-0.25, -0.2) is 4.79 Å². The molecule has 0 saturated carbocycles. The van der Waals surface area contributed by atoms with Crippen LogP contribution in [-0.2, 0) is 9.47 Å². The number of hydrogen-bond acceptors (Lipinski definition) is 6. The first kappa shape index (κ1) is 17.4. The van der Waals surface area contributed by atoms with Crippen molar-refractivity contribution in [1.29, 1.82) is 0 Å². The lowest BCUT2D eigenvalue weighted by atomic mass is 10.2. The predicted molar refractivity (Wildman–Crippen MR) is 92.0 cm³/mol. The fourth-order valence-electron chi connectivity index (χ4n) is 3.99. The summed E-state index contributed by atoms with van der Waals surface area (Å²) in [5.74, 6) is 0.557. The Balaban J connectivity index is 1.32. The Kier molecular flexibility index (Phi) is 4.86. The number of nitrogens with zero attached hydrogens (tertiary/aromatic N) is 3. The first-order valence-electron chi connectivity index (χ1n) is 9.24. The van der Waals surface area contributed by atoms with E-state index in [1.54, 1.807) is 22.8 Å². The molecular weight excluding hydrogens is 338 g/mol. The number of carbonyl (C=O) groups excluding carboxylic acids is 2. The van der Waals surface area contributed by atoms with Crippen molar-refractivity contribution in [3.05, 3.63) is 23.7 Å². The van der Waals surface area contributed by atoms with Crippen LogP contribution in [0.3, 0.4) is 0 Å². The second kappa shape index (κ2) is 7.28. The smallest absolute Gasteiger partial charge is 0.410 e. The highest BCUT2D eigenvalue weighted by molar-refractivity contribution is 5.95. The summed E-state index contributed by atoms with van der Waals surface area (Å²) in [5, 5.41) is 0. The lowest BCUT2D eigenvalue weighted by molar-refractivity contribution is 0.0362. The summed E-state index contributed by atoms with van der Waals surface area (Å²) in [7, 11) is 0. The largest absolute Gasteiger partial charge is 0.469 e. The highest BCUT2D eigenvalue weighted by atomic mass is 16.6. The Bertz CT molecular complexity index is 670. The fraction of sp³-hybridized carbons (Fsp3) is 0.667.